The summed E-state index contributed by atoms with van der Waals surface area (Å²) in [6.07, 6.45) is 9.94. The van der Waals surface area contributed by atoms with Gasteiger partial charge in [0.25, 0.3) is 5.91 Å². The van der Waals surface area contributed by atoms with Crippen LogP contribution in [0.5, 0.6) is 0 Å². The fourth-order valence-corrected chi connectivity index (χ4v) is 5.79. The summed E-state index contributed by atoms with van der Waals surface area (Å²) in [5.74, 6) is 1.39. The average Bonchev–Trinajstić information content (AvgIpc) is 2.93. The van der Waals surface area contributed by atoms with Crippen LogP contribution in [0.15, 0.2) is 36.5 Å². The Hall–Kier alpha value is -3.60. The zero-order valence-corrected chi connectivity index (χ0v) is 23.6. The van der Waals surface area contributed by atoms with Crippen LogP contribution in [0.25, 0.3) is 5.57 Å². The lowest BCUT2D eigenvalue weighted by molar-refractivity contribution is -0.412. The number of sulfonamides is 1. The molecular weight excluding hydrogens is 514 g/mol. The Balaban J connectivity index is 1.71. The third kappa shape index (κ3) is 7.29. The molecule has 4 heterocycles. The van der Waals surface area contributed by atoms with Gasteiger partial charge >= 0.3 is 0 Å². The van der Waals surface area contributed by atoms with Crippen LogP contribution in [-0.2, 0) is 10.0 Å². The average molecular weight is 555 g/mol. The van der Waals surface area contributed by atoms with Gasteiger partial charge in [0.1, 0.15) is 18.7 Å². The molecule has 1 amide bonds. The van der Waals surface area contributed by atoms with E-state index in [1.54, 1.807) is 37.4 Å². The first-order valence-electron chi connectivity index (χ1n) is 13.7. The Morgan fingerprint density at radius 3 is 2.69 bits per heavy atom. The van der Waals surface area contributed by atoms with Crippen LogP contribution < -0.4 is 31.0 Å². The number of carbonyl (C=O) groups is 1. The SMILES string of the molecule is CCS(=O)(=O)Nc1ccc2c(c1)N1CCC(CCCCCNc3nc(ccc3/C(C=[NH+]C)=C/N)NC2=O)CC1. The third-order valence-corrected chi connectivity index (χ3v) is 8.67. The van der Waals surface area contributed by atoms with E-state index in [1.807, 2.05) is 13.1 Å². The molecule has 4 bridgehead atoms. The van der Waals surface area contributed by atoms with Crippen molar-refractivity contribution in [1.82, 2.24) is 4.98 Å². The second-order valence-electron chi connectivity index (χ2n) is 10.0. The largest absolute Gasteiger partial charge is 0.404 e. The van der Waals surface area contributed by atoms with Crippen molar-refractivity contribution in [1.29, 1.82) is 0 Å². The summed E-state index contributed by atoms with van der Waals surface area (Å²) in [5, 5.41) is 6.40. The molecule has 3 aliphatic heterocycles. The van der Waals surface area contributed by atoms with Gasteiger partial charge in [-0.2, -0.15) is 0 Å². The van der Waals surface area contributed by atoms with Gasteiger partial charge in [0.05, 0.1) is 28.3 Å². The van der Waals surface area contributed by atoms with E-state index in [2.05, 4.69) is 25.2 Å². The Morgan fingerprint density at radius 1 is 1.18 bits per heavy atom. The smallest absolute Gasteiger partial charge is 0.258 e. The van der Waals surface area contributed by atoms with Gasteiger partial charge in [-0.3, -0.25) is 14.5 Å². The Labute approximate surface area is 231 Å². The highest BCUT2D eigenvalue weighted by Gasteiger charge is 2.24. The number of piperidine rings is 1. The maximum absolute atomic E-state index is 13.6. The standard InChI is InChI=1S/C28H39N7O3S/c1-3-39(37,38)34-22-8-9-24-25(17-22)35-15-12-20(13-16-35)7-5-4-6-14-31-27-23(21(18-29)19-30-2)10-11-26(32-27)33-28(24)36/h8-11,17-20,34H,3-7,12-16,29H2,1-2H3,(H2,31,32,33,36)/p+1/b21-18+,30-19?. The number of nitrogens with one attached hydrogen (secondary N) is 4. The molecule has 5 rings (SSSR count). The Morgan fingerprint density at radius 2 is 1.97 bits per heavy atom. The molecule has 11 heteroatoms. The molecule has 0 radical (unpaired) electrons. The van der Waals surface area contributed by atoms with Crippen molar-refractivity contribution in [2.75, 3.05) is 52.7 Å². The fourth-order valence-electron chi connectivity index (χ4n) is 5.16. The van der Waals surface area contributed by atoms with Crippen LogP contribution in [0.3, 0.4) is 0 Å². The predicted octanol–water partition coefficient (Wildman–Crippen LogP) is 2.38. The van der Waals surface area contributed by atoms with E-state index in [0.717, 1.165) is 62.1 Å². The molecule has 1 aromatic carbocycles. The molecule has 6 N–H and O–H groups in total. The summed E-state index contributed by atoms with van der Waals surface area (Å²) in [7, 11) is -1.64. The number of anilines is 4. The van der Waals surface area contributed by atoms with E-state index in [9.17, 15) is 13.2 Å². The van der Waals surface area contributed by atoms with Crippen LogP contribution >= 0.6 is 0 Å². The lowest BCUT2D eigenvalue weighted by Gasteiger charge is -2.35. The number of allylic oxidation sites excluding steroid dienone is 1. The molecule has 1 aromatic heterocycles. The van der Waals surface area contributed by atoms with E-state index in [1.165, 1.54) is 19.0 Å². The number of benzene rings is 1. The quantitative estimate of drug-likeness (QED) is 0.357. The molecule has 0 aliphatic carbocycles. The van der Waals surface area contributed by atoms with Crippen LogP contribution in [0.4, 0.5) is 23.0 Å². The molecule has 10 nitrogen and oxygen atoms in total. The lowest BCUT2D eigenvalue weighted by atomic mass is 9.90. The number of rotatable bonds is 5. The summed E-state index contributed by atoms with van der Waals surface area (Å²) >= 11 is 0. The molecule has 3 aliphatic rings. The van der Waals surface area contributed by atoms with E-state index >= 15 is 0 Å². The van der Waals surface area contributed by atoms with Gasteiger partial charge in [0.2, 0.25) is 10.0 Å². The normalized spacial score (nSPS) is 17.8. The number of hydrogen-bond donors (Lipinski definition) is 5. The molecule has 0 spiro atoms. The van der Waals surface area contributed by atoms with E-state index < -0.39 is 10.0 Å². The summed E-state index contributed by atoms with van der Waals surface area (Å²) in [6.45, 7) is 4.01. The molecule has 1 fully saturated rings. The number of hydrogen-bond acceptors (Lipinski definition) is 7. The first-order chi connectivity index (χ1) is 18.8. The highest BCUT2D eigenvalue weighted by Crippen LogP contribution is 2.32. The van der Waals surface area contributed by atoms with Crippen molar-refractivity contribution in [2.45, 2.75) is 45.4 Å². The van der Waals surface area contributed by atoms with Crippen molar-refractivity contribution in [2.24, 2.45) is 11.7 Å². The van der Waals surface area contributed by atoms with Gasteiger partial charge in [-0.15, -0.1) is 0 Å². The van der Waals surface area contributed by atoms with Crippen LogP contribution in [-0.4, -0.2) is 58.0 Å². The van der Waals surface area contributed by atoms with E-state index in [-0.39, 0.29) is 11.7 Å². The maximum atomic E-state index is 13.6. The zero-order valence-electron chi connectivity index (χ0n) is 22.8. The van der Waals surface area contributed by atoms with Crippen LogP contribution in [0, 0.1) is 5.92 Å². The number of pyridine rings is 1. The van der Waals surface area contributed by atoms with Gasteiger partial charge in [-0.1, -0.05) is 19.3 Å². The molecule has 210 valence electrons. The fraction of sp³-hybridized carbons (Fsp3) is 0.464. The number of aromatic nitrogens is 1. The first kappa shape index (κ1) is 28.4. The molecular formula is C28H40N7O3S+. The van der Waals surface area contributed by atoms with Crippen LogP contribution in [0.2, 0.25) is 0 Å². The summed E-state index contributed by atoms with van der Waals surface area (Å²) in [5.41, 5.74) is 9.15. The number of nitrogens with zero attached hydrogens (tertiary/aromatic N) is 2. The second kappa shape index (κ2) is 13.0. The topological polar surface area (TPSA) is 143 Å². The highest BCUT2D eigenvalue weighted by molar-refractivity contribution is 7.92. The number of nitrogens with two attached hydrogens (primary N) is 1. The number of amides is 1. The van der Waals surface area contributed by atoms with Gasteiger partial charge in [0, 0.05) is 31.4 Å². The summed E-state index contributed by atoms with van der Waals surface area (Å²) in [4.78, 5) is 23.5. The third-order valence-electron chi connectivity index (χ3n) is 7.36. The molecule has 39 heavy (non-hydrogen) atoms. The van der Waals surface area contributed by atoms with Gasteiger partial charge in [-0.05, 0) is 62.4 Å². The molecule has 0 atom stereocenters. The van der Waals surface area contributed by atoms with Crippen LogP contribution in [0.1, 0.15) is 61.4 Å². The molecule has 0 unspecified atom stereocenters. The lowest BCUT2D eigenvalue weighted by Crippen LogP contribution is -2.63. The van der Waals surface area contributed by atoms with Gasteiger partial charge < -0.3 is 21.3 Å². The van der Waals surface area contributed by atoms with E-state index in [4.69, 9.17) is 10.7 Å². The first-order valence-corrected chi connectivity index (χ1v) is 15.4. The second-order valence-corrected chi connectivity index (χ2v) is 12.1. The Bertz CT molecular complexity index is 1330. The zero-order chi connectivity index (χ0) is 27.8. The van der Waals surface area contributed by atoms with E-state index in [0.29, 0.717) is 28.8 Å². The van der Waals surface area contributed by atoms with Crippen molar-refractivity contribution in [3.63, 3.8) is 0 Å². The monoisotopic (exact) mass is 554 g/mol. The minimum atomic E-state index is -3.45. The molecule has 1 saturated heterocycles. The van der Waals surface area contributed by atoms with Crippen molar-refractivity contribution in [3.8, 4) is 0 Å². The maximum Gasteiger partial charge on any atom is 0.258 e. The van der Waals surface area contributed by atoms with Gasteiger partial charge in [0.15, 0.2) is 6.21 Å². The highest BCUT2D eigenvalue weighted by atomic mass is 32.2. The number of carbonyl (C=O) groups excluding carboxylic acids is 1. The minimum absolute atomic E-state index is 0.0267. The van der Waals surface area contributed by atoms with Crippen molar-refractivity contribution < 1.29 is 18.2 Å². The number of fused-ring (bicyclic) bond motifs is 8. The van der Waals surface area contributed by atoms with Crippen molar-refractivity contribution >= 4 is 50.7 Å². The Kier molecular flexibility index (Phi) is 9.45. The summed E-state index contributed by atoms with van der Waals surface area (Å²) in [6, 6.07) is 8.74. The van der Waals surface area contributed by atoms with Crippen molar-refractivity contribution in [3.05, 3.63) is 47.7 Å². The molecule has 0 saturated carbocycles. The summed E-state index contributed by atoms with van der Waals surface area (Å²) < 4.78 is 27.1. The predicted molar refractivity (Wildman–Crippen MR) is 159 cm³/mol. The van der Waals surface area contributed by atoms with Gasteiger partial charge in [-0.25, -0.2) is 13.4 Å². The minimum Gasteiger partial charge on any atom is -0.404 e. The molecule has 2 aromatic rings.